The summed E-state index contributed by atoms with van der Waals surface area (Å²) in [6.07, 6.45) is 1.06. The largest absolute Gasteiger partial charge is 0.496 e. The van der Waals surface area contributed by atoms with Crippen molar-refractivity contribution < 1.29 is 17.9 Å². The summed E-state index contributed by atoms with van der Waals surface area (Å²) in [7, 11) is -2.09. The van der Waals surface area contributed by atoms with E-state index >= 15 is 0 Å². The minimum Gasteiger partial charge on any atom is -0.496 e. The predicted octanol–water partition coefficient (Wildman–Crippen LogP) is 2.74. The van der Waals surface area contributed by atoms with E-state index in [1.165, 1.54) is 0 Å². The van der Waals surface area contributed by atoms with Gasteiger partial charge in [0.1, 0.15) is 12.3 Å². The van der Waals surface area contributed by atoms with Crippen LogP contribution in [0.15, 0.2) is 42.5 Å². The summed E-state index contributed by atoms with van der Waals surface area (Å²) in [5.41, 5.74) is 1.89. The summed E-state index contributed by atoms with van der Waals surface area (Å²) in [5.74, 6) is 0.233. The van der Waals surface area contributed by atoms with Gasteiger partial charge in [0, 0.05) is 17.1 Å². The van der Waals surface area contributed by atoms with Gasteiger partial charge in [-0.15, -0.1) is 0 Å². The Kier molecular flexibility index (Phi) is 6.50. The van der Waals surface area contributed by atoms with Crippen LogP contribution in [0.3, 0.4) is 0 Å². The second-order valence-corrected chi connectivity index (χ2v) is 8.13. The number of ether oxygens (including phenoxy) is 1. The first-order valence-electron chi connectivity index (χ1n) is 7.85. The van der Waals surface area contributed by atoms with Crippen LogP contribution in [0.2, 0.25) is 5.02 Å². The van der Waals surface area contributed by atoms with Crippen molar-refractivity contribution in [2.45, 2.75) is 13.5 Å². The number of nitrogens with one attached hydrogen (secondary N) is 1. The summed E-state index contributed by atoms with van der Waals surface area (Å²) >= 11 is 5.93. The molecule has 0 heterocycles. The second kappa shape index (κ2) is 8.42. The first-order chi connectivity index (χ1) is 12.2. The summed E-state index contributed by atoms with van der Waals surface area (Å²) in [4.78, 5) is 12.3. The average Bonchev–Trinajstić information content (AvgIpc) is 2.58. The lowest BCUT2D eigenvalue weighted by atomic mass is 10.2. The number of nitrogens with zero attached hydrogens (tertiary/aromatic N) is 1. The van der Waals surface area contributed by atoms with Gasteiger partial charge in [-0.3, -0.25) is 9.10 Å². The molecule has 6 nitrogen and oxygen atoms in total. The molecule has 0 atom stereocenters. The van der Waals surface area contributed by atoms with Crippen molar-refractivity contribution in [2.75, 3.05) is 24.2 Å². The maximum Gasteiger partial charge on any atom is 0.241 e. The van der Waals surface area contributed by atoms with Crippen molar-refractivity contribution in [3.8, 4) is 5.75 Å². The molecule has 0 unspecified atom stereocenters. The van der Waals surface area contributed by atoms with Crippen LogP contribution in [-0.4, -0.2) is 34.2 Å². The molecule has 0 spiro atoms. The van der Waals surface area contributed by atoms with Gasteiger partial charge in [0.15, 0.2) is 0 Å². The predicted molar refractivity (Wildman–Crippen MR) is 103 cm³/mol. The van der Waals surface area contributed by atoms with Crippen molar-refractivity contribution >= 4 is 33.2 Å². The molecule has 8 heteroatoms. The normalized spacial score (nSPS) is 11.1. The van der Waals surface area contributed by atoms with Crippen LogP contribution in [0.1, 0.15) is 11.1 Å². The van der Waals surface area contributed by atoms with Crippen molar-refractivity contribution in [1.29, 1.82) is 0 Å². The van der Waals surface area contributed by atoms with E-state index < -0.39 is 15.9 Å². The molecular formula is C18H21ClN2O4S. The summed E-state index contributed by atoms with van der Waals surface area (Å²) in [6.45, 7) is 1.66. The molecule has 0 saturated carbocycles. The highest BCUT2D eigenvalue weighted by molar-refractivity contribution is 7.92. The molecule has 1 amide bonds. The quantitative estimate of drug-likeness (QED) is 0.780. The van der Waals surface area contributed by atoms with E-state index in [2.05, 4.69) is 5.32 Å². The Morgan fingerprint density at radius 2 is 1.92 bits per heavy atom. The molecule has 0 fully saturated rings. The van der Waals surface area contributed by atoms with Crippen LogP contribution in [0, 0.1) is 6.92 Å². The highest BCUT2D eigenvalue weighted by atomic mass is 35.5. The molecule has 0 radical (unpaired) electrons. The van der Waals surface area contributed by atoms with Gasteiger partial charge < -0.3 is 10.1 Å². The first-order valence-corrected chi connectivity index (χ1v) is 10.1. The molecule has 0 aromatic heterocycles. The van der Waals surface area contributed by atoms with Gasteiger partial charge >= 0.3 is 0 Å². The zero-order valence-electron chi connectivity index (χ0n) is 14.8. The van der Waals surface area contributed by atoms with Crippen LogP contribution < -0.4 is 14.4 Å². The Morgan fingerprint density at radius 3 is 2.54 bits per heavy atom. The molecule has 0 saturated heterocycles. The zero-order valence-corrected chi connectivity index (χ0v) is 16.4. The van der Waals surface area contributed by atoms with Gasteiger partial charge in [0.25, 0.3) is 0 Å². The second-order valence-electron chi connectivity index (χ2n) is 5.79. The van der Waals surface area contributed by atoms with Gasteiger partial charge in [-0.25, -0.2) is 8.42 Å². The number of anilines is 1. The van der Waals surface area contributed by atoms with E-state index in [0.717, 1.165) is 16.1 Å². The highest BCUT2D eigenvalue weighted by Gasteiger charge is 2.22. The smallest absolute Gasteiger partial charge is 0.241 e. The monoisotopic (exact) mass is 396 g/mol. The fraction of sp³-hybridized carbons (Fsp3) is 0.278. The molecule has 0 aliphatic carbocycles. The lowest BCUT2D eigenvalue weighted by molar-refractivity contribution is -0.119. The SMILES string of the molecule is COc1ccccc1CNC(=O)CN(c1ccc(Cl)cc1C)S(C)(=O)=O. The lowest BCUT2D eigenvalue weighted by Gasteiger charge is -2.23. The van der Waals surface area contributed by atoms with Gasteiger partial charge in [-0.2, -0.15) is 0 Å². The molecule has 26 heavy (non-hydrogen) atoms. The number of rotatable bonds is 7. The Hall–Kier alpha value is -2.25. The van der Waals surface area contributed by atoms with Crippen LogP contribution in [0.25, 0.3) is 0 Å². The molecule has 0 aliphatic rings. The lowest BCUT2D eigenvalue weighted by Crippen LogP contribution is -2.40. The van der Waals surface area contributed by atoms with Gasteiger partial charge in [-0.1, -0.05) is 29.8 Å². The van der Waals surface area contributed by atoms with E-state index in [1.807, 2.05) is 18.2 Å². The number of sulfonamides is 1. The molecular weight excluding hydrogens is 376 g/mol. The van der Waals surface area contributed by atoms with Crippen LogP contribution in [-0.2, 0) is 21.4 Å². The maximum absolute atomic E-state index is 12.3. The van der Waals surface area contributed by atoms with E-state index in [0.29, 0.717) is 22.0 Å². The molecule has 0 bridgehead atoms. The van der Waals surface area contributed by atoms with Crippen LogP contribution in [0.5, 0.6) is 5.75 Å². The third-order valence-electron chi connectivity index (χ3n) is 3.78. The number of halogens is 1. The Bertz CT molecular complexity index is 900. The molecule has 0 aliphatic heterocycles. The number of amides is 1. The molecule has 140 valence electrons. The van der Waals surface area contributed by atoms with Crippen molar-refractivity contribution in [2.24, 2.45) is 0 Å². The number of para-hydroxylation sites is 1. The minimum atomic E-state index is -3.64. The number of carbonyl (C=O) groups excluding carboxylic acids is 1. The standard InChI is InChI=1S/C18H21ClN2O4S/c1-13-10-15(19)8-9-16(13)21(26(3,23)24)12-18(22)20-11-14-6-4-5-7-17(14)25-2/h4-10H,11-12H2,1-3H3,(H,20,22). The molecule has 2 rings (SSSR count). The number of methoxy groups -OCH3 is 1. The van der Waals surface area contributed by atoms with Crippen molar-refractivity contribution in [1.82, 2.24) is 5.32 Å². The third kappa shape index (κ3) is 5.12. The van der Waals surface area contributed by atoms with Crippen LogP contribution in [0.4, 0.5) is 5.69 Å². The topological polar surface area (TPSA) is 75.7 Å². The summed E-state index contributed by atoms with van der Waals surface area (Å²) in [6, 6.07) is 12.1. The van der Waals surface area contributed by atoms with E-state index in [-0.39, 0.29) is 13.1 Å². The third-order valence-corrected chi connectivity index (χ3v) is 5.15. The number of hydrogen-bond donors (Lipinski definition) is 1. The van der Waals surface area contributed by atoms with E-state index in [9.17, 15) is 13.2 Å². The molecule has 2 aromatic carbocycles. The van der Waals surface area contributed by atoms with E-state index in [4.69, 9.17) is 16.3 Å². The van der Waals surface area contributed by atoms with E-state index in [1.54, 1.807) is 38.3 Å². The van der Waals surface area contributed by atoms with Crippen molar-refractivity contribution in [3.05, 3.63) is 58.6 Å². The van der Waals surface area contributed by atoms with Crippen molar-refractivity contribution in [3.63, 3.8) is 0 Å². The number of benzene rings is 2. The minimum absolute atomic E-state index is 0.236. The van der Waals surface area contributed by atoms with Gasteiger partial charge in [0.05, 0.1) is 19.1 Å². The number of aryl methyl sites for hydroxylation is 1. The molecule has 2 aromatic rings. The van der Waals surface area contributed by atoms with Gasteiger partial charge in [0.2, 0.25) is 15.9 Å². The molecule has 1 N–H and O–H groups in total. The Morgan fingerprint density at radius 1 is 1.23 bits per heavy atom. The Labute approximate surface area is 158 Å². The zero-order chi connectivity index (χ0) is 19.3. The van der Waals surface area contributed by atoms with Crippen LogP contribution >= 0.6 is 11.6 Å². The first kappa shape index (κ1) is 20.1. The summed E-state index contributed by atoms with van der Waals surface area (Å²) in [5, 5.41) is 3.23. The summed E-state index contributed by atoms with van der Waals surface area (Å²) < 4.78 is 30.6. The highest BCUT2D eigenvalue weighted by Crippen LogP contribution is 2.25. The average molecular weight is 397 g/mol. The van der Waals surface area contributed by atoms with Gasteiger partial charge in [-0.05, 0) is 36.8 Å². The number of hydrogen-bond acceptors (Lipinski definition) is 4. The Balaban J connectivity index is 2.15. The number of carbonyl (C=O) groups is 1. The maximum atomic E-state index is 12.3. The fourth-order valence-corrected chi connectivity index (χ4v) is 3.65. The fourth-order valence-electron chi connectivity index (χ4n) is 2.51.